The first-order chi connectivity index (χ1) is 1.73. The van der Waals surface area contributed by atoms with Crippen molar-refractivity contribution in [2.24, 2.45) is 0 Å². The standard InChI is InChI=1S/CH5BOSi/c1-4(2)3/h2H2,1H3. The fourth-order valence-electron chi connectivity index (χ4n) is 0. The van der Waals surface area contributed by atoms with Gasteiger partial charge in [-0.05, 0) is 6.55 Å². The molecule has 0 saturated carbocycles. The van der Waals surface area contributed by atoms with E-state index in [9.17, 15) is 4.46 Å². The molecule has 3 heteroatoms. The molecule has 22 valence electrons. The van der Waals surface area contributed by atoms with Crippen molar-refractivity contribution in [2.75, 3.05) is 0 Å². The second kappa shape index (κ2) is 1.41. The van der Waals surface area contributed by atoms with Crippen molar-refractivity contribution < 1.29 is 4.46 Å². The predicted molar refractivity (Wildman–Crippen MR) is 20.8 cm³/mol. The molecule has 0 aromatic rings. The van der Waals surface area contributed by atoms with Crippen LogP contribution in [0.5, 0.6) is 0 Å². The van der Waals surface area contributed by atoms with E-state index in [4.69, 9.17) is 0 Å². The fourth-order valence-corrected chi connectivity index (χ4v) is 0. The molecule has 1 nitrogen and oxygen atoms in total. The Morgan fingerprint density at radius 2 is 2.00 bits per heavy atom. The minimum atomic E-state index is -1.13. The van der Waals surface area contributed by atoms with Crippen LogP contribution in [-0.2, 0) is 4.46 Å². The van der Waals surface area contributed by atoms with E-state index in [0.717, 1.165) is 0 Å². The van der Waals surface area contributed by atoms with Gasteiger partial charge in [0.15, 0.2) is 7.44 Å². The smallest absolute Gasteiger partial charge is 0.220 e. The SMILES string of the molecule is B[Si](C)=O. The molecule has 4 heavy (non-hydrogen) atoms. The van der Waals surface area contributed by atoms with E-state index in [-0.39, 0.29) is 0 Å². The molecule has 0 fully saturated rings. The van der Waals surface area contributed by atoms with Crippen molar-refractivity contribution in [1.29, 1.82) is 0 Å². The van der Waals surface area contributed by atoms with Crippen LogP contribution in [0.4, 0.5) is 0 Å². The highest BCUT2D eigenvalue weighted by Crippen LogP contribution is 1.38. The van der Waals surface area contributed by atoms with Crippen LogP contribution < -0.4 is 0 Å². The van der Waals surface area contributed by atoms with Crippen LogP contribution in [0.25, 0.3) is 0 Å². The molecule has 0 N–H and O–H groups in total. The van der Waals surface area contributed by atoms with E-state index < -0.39 is 8.55 Å². The minimum absolute atomic E-state index is 1.13. The van der Waals surface area contributed by atoms with Gasteiger partial charge >= 0.3 is 0 Å². The van der Waals surface area contributed by atoms with E-state index in [0.29, 0.717) is 0 Å². The van der Waals surface area contributed by atoms with Crippen LogP contribution in [0.15, 0.2) is 0 Å². The molecule has 0 bridgehead atoms. The van der Waals surface area contributed by atoms with Gasteiger partial charge in [0.05, 0.1) is 0 Å². The summed E-state index contributed by atoms with van der Waals surface area (Å²) in [5.41, 5.74) is 0. The van der Waals surface area contributed by atoms with Crippen molar-refractivity contribution >= 4 is 16.0 Å². The van der Waals surface area contributed by atoms with Crippen LogP contribution in [0, 0.1) is 0 Å². The summed E-state index contributed by atoms with van der Waals surface area (Å²) in [5.74, 6) is 0. The molecular formula is CH5BOSi. The highest BCUT2D eigenvalue weighted by atomic mass is 28.2. The van der Waals surface area contributed by atoms with Gasteiger partial charge in [0, 0.05) is 0 Å². The molecule has 0 rings (SSSR count). The van der Waals surface area contributed by atoms with Gasteiger partial charge in [0.1, 0.15) is 0 Å². The second-order valence-electron chi connectivity index (χ2n) is 0.908. The lowest BCUT2D eigenvalue weighted by atomic mass is 10.8. The molecule has 0 aromatic heterocycles. The zero-order valence-electron chi connectivity index (χ0n) is 2.91. The van der Waals surface area contributed by atoms with Gasteiger partial charge in [-0.25, -0.2) is 0 Å². The van der Waals surface area contributed by atoms with Crippen molar-refractivity contribution in [3.63, 3.8) is 0 Å². The van der Waals surface area contributed by atoms with Gasteiger partial charge in [0.25, 0.3) is 0 Å². The van der Waals surface area contributed by atoms with E-state index in [2.05, 4.69) is 0 Å². The van der Waals surface area contributed by atoms with Crippen molar-refractivity contribution in [1.82, 2.24) is 0 Å². The third kappa shape index (κ3) is 364. The van der Waals surface area contributed by atoms with Gasteiger partial charge < -0.3 is 4.46 Å². The first-order valence-electron chi connectivity index (χ1n) is 1.20. The monoisotopic (exact) mass is 72.0 g/mol. The summed E-state index contributed by atoms with van der Waals surface area (Å²) in [4.78, 5) is 0. The lowest BCUT2D eigenvalue weighted by Gasteiger charge is -1.51. The Morgan fingerprint density at radius 3 is 2.00 bits per heavy atom. The quantitative estimate of drug-likeness (QED) is 0.341. The fraction of sp³-hybridized carbons (Fsp3) is 1.00. The molecule has 0 aliphatic heterocycles. The largest absolute Gasteiger partial charge is 0.399 e. The Balaban J connectivity index is 2.80. The lowest BCUT2D eigenvalue weighted by Crippen LogP contribution is -1.84. The van der Waals surface area contributed by atoms with Crippen molar-refractivity contribution in [3.05, 3.63) is 0 Å². The van der Waals surface area contributed by atoms with E-state index in [1.165, 1.54) is 0 Å². The Labute approximate surface area is 28.0 Å². The van der Waals surface area contributed by atoms with E-state index in [1.54, 1.807) is 14.0 Å². The summed E-state index contributed by atoms with van der Waals surface area (Å²) in [7, 11) is 0.583. The third-order valence-electron chi connectivity index (χ3n) is 0. The van der Waals surface area contributed by atoms with Gasteiger partial charge in [-0.2, -0.15) is 0 Å². The maximum Gasteiger partial charge on any atom is 0.220 e. The molecule has 0 radical (unpaired) electrons. The van der Waals surface area contributed by atoms with Crippen LogP contribution in [0.1, 0.15) is 0 Å². The van der Waals surface area contributed by atoms with Gasteiger partial charge in [-0.3, -0.25) is 0 Å². The Hall–Kier alpha value is 0.0818. The predicted octanol–water partition coefficient (Wildman–Crippen LogP) is -0.832. The normalized spacial score (nSPS) is 6.25. The molecule has 0 aliphatic carbocycles. The van der Waals surface area contributed by atoms with E-state index >= 15 is 0 Å². The van der Waals surface area contributed by atoms with Gasteiger partial charge in [-0.15, -0.1) is 0 Å². The summed E-state index contributed by atoms with van der Waals surface area (Å²) in [5, 5.41) is 0. The summed E-state index contributed by atoms with van der Waals surface area (Å²) in [6, 6.07) is 0. The number of hydrogen-bond acceptors (Lipinski definition) is 1. The Kier molecular flexibility index (Phi) is 1.44. The average molecular weight is 71.9 g/mol. The Morgan fingerprint density at radius 1 is 2.00 bits per heavy atom. The number of rotatable bonds is 0. The lowest BCUT2D eigenvalue weighted by molar-refractivity contribution is 0.576. The third-order valence-corrected chi connectivity index (χ3v) is 0. The molecular weight excluding hydrogens is 66.9 g/mol. The molecule has 0 aliphatic rings. The van der Waals surface area contributed by atoms with Gasteiger partial charge in [-0.1, -0.05) is 0 Å². The minimum Gasteiger partial charge on any atom is -0.399 e. The first-order valence-corrected chi connectivity index (χ1v) is 3.61. The van der Waals surface area contributed by atoms with Crippen LogP contribution in [-0.4, -0.2) is 16.0 Å². The molecule has 0 amide bonds. The number of hydrogen-bond donors (Lipinski definition) is 0. The zero-order chi connectivity index (χ0) is 3.58. The molecule has 0 unspecified atom stereocenters. The van der Waals surface area contributed by atoms with Crippen LogP contribution in [0.2, 0.25) is 6.55 Å². The van der Waals surface area contributed by atoms with Crippen molar-refractivity contribution in [3.8, 4) is 0 Å². The van der Waals surface area contributed by atoms with Gasteiger partial charge in [0.2, 0.25) is 8.55 Å². The molecule has 0 saturated heterocycles. The average Bonchev–Trinajstić information content (AvgIpc) is 0.811. The highest BCUT2D eigenvalue weighted by molar-refractivity contribution is 6.93. The first kappa shape index (κ1) is 4.08. The van der Waals surface area contributed by atoms with Crippen LogP contribution >= 0.6 is 0 Å². The summed E-state index contributed by atoms with van der Waals surface area (Å²) < 4.78 is 9.63. The Bertz CT molecular complexity index is 31.0. The summed E-state index contributed by atoms with van der Waals surface area (Å²) in [6.45, 7) is 1.71. The zero-order valence-corrected chi connectivity index (χ0v) is 3.91. The summed E-state index contributed by atoms with van der Waals surface area (Å²) >= 11 is 0. The van der Waals surface area contributed by atoms with Crippen LogP contribution in [0.3, 0.4) is 0 Å². The maximum atomic E-state index is 9.63. The highest BCUT2D eigenvalue weighted by Gasteiger charge is 1.69. The molecule has 0 atom stereocenters. The molecule has 0 spiro atoms. The van der Waals surface area contributed by atoms with Crippen molar-refractivity contribution in [2.45, 2.75) is 6.55 Å². The topological polar surface area (TPSA) is 17.1 Å². The van der Waals surface area contributed by atoms with E-state index in [1.807, 2.05) is 0 Å². The second-order valence-corrected chi connectivity index (χ2v) is 2.72. The maximum absolute atomic E-state index is 9.63. The summed E-state index contributed by atoms with van der Waals surface area (Å²) in [6.07, 6.45) is 0. The molecule has 0 aromatic carbocycles. The molecule has 0 heterocycles.